The van der Waals surface area contributed by atoms with Gasteiger partial charge in [-0.3, -0.25) is 14.5 Å². The number of aryl methyl sites for hydroxylation is 1. The van der Waals surface area contributed by atoms with Gasteiger partial charge in [-0.15, -0.1) is 12.4 Å². The first-order valence-corrected chi connectivity index (χ1v) is 9.97. The first-order valence-electron chi connectivity index (χ1n) is 9.97. The molecule has 2 saturated heterocycles. The van der Waals surface area contributed by atoms with E-state index in [0.29, 0.717) is 26.2 Å². The maximum absolute atomic E-state index is 12.6. The van der Waals surface area contributed by atoms with Gasteiger partial charge in [0.1, 0.15) is 0 Å². The molecule has 1 aromatic rings. The largest absolute Gasteiger partial charge is 0.349 e. The number of hydrogen-bond donors (Lipinski definition) is 2. The average molecular weight is 409 g/mol. The number of amides is 2. The van der Waals surface area contributed by atoms with E-state index in [1.165, 1.54) is 0 Å². The summed E-state index contributed by atoms with van der Waals surface area (Å²) in [6.45, 7) is 8.56. The van der Waals surface area contributed by atoms with Gasteiger partial charge in [-0.1, -0.05) is 25.1 Å². The molecule has 1 unspecified atom stereocenters. The van der Waals surface area contributed by atoms with Crippen molar-refractivity contribution in [2.45, 2.75) is 39.2 Å². The van der Waals surface area contributed by atoms with Crippen LogP contribution in [-0.4, -0.2) is 66.9 Å². The van der Waals surface area contributed by atoms with Gasteiger partial charge >= 0.3 is 0 Å². The highest BCUT2D eigenvalue weighted by atomic mass is 35.5. The Morgan fingerprint density at radius 2 is 1.89 bits per heavy atom. The summed E-state index contributed by atoms with van der Waals surface area (Å²) in [6, 6.07) is 7.76. The van der Waals surface area contributed by atoms with Crippen LogP contribution in [-0.2, 0) is 4.79 Å². The maximum atomic E-state index is 12.6. The third-order valence-electron chi connectivity index (χ3n) is 6.06. The number of nitrogens with zero attached hydrogens (tertiary/aromatic N) is 2. The number of halogens is 1. The molecule has 0 aromatic heterocycles. The van der Waals surface area contributed by atoms with Crippen LogP contribution in [0.4, 0.5) is 0 Å². The Morgan fingerprint density at radius 1 is 1.21 bits per heavy atom. The van der Waals surface area contributed by atoms with E-state index in [9.17, 15) is 9.59 Å². The Hall–Kier alpha value is -1.63. The van der Waals surface area contributed by atoms with Crippen molar-refractivity contribution in [3.05, 3.63) is 35.4 Å². The number of piperidine rings is 1. The van der Waals surface area contributed by atoms with Crippen molar-refractivity contribution in [1.29, 1.82) is 0 Å². The van der Waals surface area contributed by atoms with Crippen LogP contribution in [0.25, 0.3) is 0 Å². The predicted molar refractivity (Wildman–Crippen MR) is 114 cm³/mol. The normalized spacial score (nSPS) is 23.3. The lowest BCUT2D eigenvalue weighted by Gasteiger charge is -2.33. The molecule has 0 bridgehead atoms. The molecule has 3 rings (SSSR count). The molecule has 2 aliphatic rings. The second kappa shape index (κ2) is 9.72. The van der Waals surface area contributed by atoms with Crippen molar-refractivity contribution in [3.8, 4) is 0 Å². The second-order valence-electron chi connectivity index (χ2n) is 8.42. The number of benzene rings is 1. The highest BCUT2D eigenvalue weighted by Crippen LogP contribution is 2.28. The Bertz CT molecular complexity index is 691. The van der Waals surface area contributed by atoms with E-state index in [0.717, 1.165) is 43.5 Å². The SMILES string of the molecule is Cc1ccccc1C(=O)NC1CCN(C(=O)CN2CCC(C)(CN)C2)CC1.Cl. The van der Waals surface area contributed by atoms with E-state index in [-0.39, 0.29) is 35.7 Å². The number of nitrogens with two attached hydrogens (primary N) is 1. The molecule has 2 amide bonds. The van der Waals surface area contributed by atoms with Gasteiger partial charge in [0.15, 0.2) is 0 Å². The molecule has 0 spiro atoms. The van der Waals surface area contributed by atoms with Gasteiger partial charge in [0.25, 0.3) is 5.91 Å². The summed E-state index contributed by atoms with van der Waals surface area (Å²) in [7, 11) is 0. The van der Waals surface area contributed by atoms with Crippen LogP contribution in [0, 0.1) is 12.3 Å². The predicted octanol–water partition coefficient (Wildman–Crippen LogP) is 1.81. The zero-order chi connectivity index (χ0) is 19.4. The van der Waals surface area contributed by atoms with Crippen LogP contribution >= 0.6 is 12.4 Å². The molecule has 156 valence electrons. The van der Waals surface area contributed by atoms with Crippen LogP contribution in [0.5, 0.6) is 0 Å². The van der Waals surface area contributed by atoms with E-state index in [1.807, 2.05) is 36.1 Å². The molecule has 2 aliphatic heterocycles. The van der Waals surface area contributed by atoms with E-state index in [4.69, 9.17) is 5.73 Å². The summed E-state index contributed by atoms with van der Waals surface area (Å²) >= 11 is 0. The Morgan fingerprint density at radius 3 is 2.50 bits per heavy atom. The molecule has 28 heavy (non-hydrogen) atoms. The molecule has 2 heterocycles. The summed E-state index contributed by atoms with van der Waals surface area (Å²) in [5, 5.41) is 3.13. The first kappa shape index (κ1) is 22.7. The van der Waals surface area contributed by atoms with Crippen molar-refractivity contribution in [1.82, 2.24) is 15.1 Å². The van der Waals surface area contributed by atoms with Crippen LogP contribution in [0.15, 0.2) is 24.3 Å². The van der Waals surface area contributed by atoms with Gasteiger partial charge in [0.2, 0.25) is 5.91 Å². The lowest BCUT2D eigenvalue weighted by Crippen LogP contribution is -2.49. The molecular formula is C21H33ClN4O2. The molecule has 0 radical (unpaired) electrons. The molecule has 0 aliphatic carbocycles. The number of nitrogens with one attached hydrogen (secondary N) is 1. The summed E-state index contributed by atoms with van der Waals surface area (Å²) in [5.74, 6) is 0.177. The lowest BCUT2D eigenvalue weighted by atomic mass is 9.90. The highest BCUT2D eigenvalue weighted by Gasteiger charge is 2.34. The zero-order valence-electron chi connectivity index (χ0n) is 16.9. The Labute approximate surface area is 174 Å². The minimum absolute atomic E-state index is 0. The van der Waals surface area contributed by atoms with Gasteiger partial charge in [-0.2, -0.15) is 0 Å². The van der Waals surface area contributed by atoms with Gasteiger partial charge in [0.05, 0.1) is 6.54 Å². The first-order chi connectivity index (χ1) is 12.9. The number of carbonyl (C=O) groups excluding carboxylic acids is 2. The molecular weight excluding hydrogens is 376 g/mol. The Kier molecular flexibility index (Phi) is 7.87. The maximum Gasteiger partial charge on any atom is 0.251 e. The topological polar surface area (TPSA) is 78.7 Å². The Balaban J connectivity index is 0.00000280. The molecule has 1 aromatic carbocycles. The number of rotatable bonds is 5. The standard InChI is InChI=1S/C21H32N4O2.ClH/c1-16-5-3-4-6-18(16)20(27)23-17-7-10-25(11-8-17)19(26)13-24-12-9-21(2,14-22)15-24;/h3-6,17H,7-15,22H2,1-2H3,(H,23,27);1H. The van der Waals surface area contributed by atoms with E-state index in [2.05, 4.69) is 17.1 Å². The van der Waals surface area contributed by atoms with Crippen molar-refractivity contribution in [2.75, 3.05) is 39.3 Å². The highest BCUT2D eigenvalue weighted by molar-refractivity contribution is 5.95. The number of hydrogen-bond acceptors (Lipinski definition) is 4. The smallest absolute Gasteiger partial charge is 0.251 e. The fourth-order valence-electron chi connectivity index (χ4n) is 4.08. The lowest BCUT2D eigenvalue weighted by molar-refractivity contribution is -0.133. The minimum atomic E-state index is -0.0176. The molecule has 6 nitrogen and oxygen atoms in total. The zero-order valence-corrected chi connectivity index (χ0v) is 17.8. The summed E-state index contributed by atoms with van der Waals surface area (Å²) < 4.78 is 0. The van der Waals surface area contributed by atoms with Crippen molar-refractivity contribution >= 4 is 24.2 Å². The van der Waals surface area contributed by atoms with Crippen LogP contribution in [0.3, 0.4) is 0 Å². The minimum Gasteiger partial charge on any atom is -0.349 e. The van der Waals surface area contributed by atoms with Gasteiger partial charge in [-0.05, 0) is 56.3 Å². The molecule has 0 saturated carbocycles. The molecule has 1 atom stereocenters. The molecule has 7 heteroatoms. The quantitative estimate of drug-likeness (QED) is 0.778. The fraction of sp³-hybridized carbons (Fsp3) is 0.619. The van der Waals surface area contributed by atoms with E-state index >= 15 is 0 Å². The third kappa shape index (κ3) is 5.46. The summed E-state index contributed by atoms with van der Waals surface area (Å²) in [6.07, 6.45) is 2.68. The van der Waals surface area contributed by atoms with E-state index < -0.39 is 0 Å². The molecule has 2 fully saturated rings. The summed E-state index contributed by atoms with van der Waals surface area (Å²) in [5.41, 5.74) is 7.71. The van der Waals surface area contributed by atoms with Crippen LogP contribution in [0.2, 0.25) is 0 Å². The van der Waals surface area contributed by atoms with Gasteiger partial charge < -0.3 is 16.0 Å². The molecule has 3 N–H and O–H groups in total. The van der Waals surface area contributed by atoms with Crippen molar-refractivity contribution in [3.63, 3.8) is 0 Å². The van der Waals surface area contributed by atoms with Crippen LogP contribution in [0.1, 0.15) is 42.1 Å². The third-order valence-corrected chi connectivity index (χ3v) is 6.06. The van der Waals surface area contributed by atoms with Gasteiger partial charge in [-0.25, -0.2) is 0 Å². The van der Waals surface area contributed by atoms with Gasteiger partial charge in [0, 0.05) is 31.2 Å². The summed E-state index contributed by atoms with van der Waals surface area (Å²) in [4.78, 5) is 29.2. The fourth-order valence-corrected chi connectivity index (χ4v) is 4.08. The van der Waals surface area contributed by atoms with Crippen molar-refractivity contribution in [2.24, 2.45) is 11.1 Å². The average Bonchev–Trinajstić information content (AvgIpc) is 3.04. The monoisotopic (exact) mass is 408 g/mol. The van der Waals surface area contributed by atoms with Crippen molar-refractivity contribution < 1.29 is 9.59 Å². The van der Waals surface area contributed by atoms with Crippen LogP contribution < -0.4 is 11.1 Å². The van der Waals surface area contributed by atoms with E-state index in [1.54, 1.807) is 0 Å². The number of carbonyl (C=O) groups is 2. The second-order valence-corrected chi connectivity index (χ2v) is 8.42. The number of likely N-dealkylation sites (tertiary alicyclic amines) is 2.